The number of hydrogen-bond donors (Lipinski definition) is 5. The Balaban J connectivity index is 1.71. The Morgan fingerprint density at radius 2 is 1.87 bits per heavy atom. The maximum atomic E-state index is 13.6. The summed E-state index contributed by atoms with van der Waals surface area (Å²) in [6.45, 7) is 2.83. The molecule has 0 bridgehead atoms. The van der Waals surface area contributed by atoms with E-state index in [2.05, 4.69) is 0 Å². The summed E-state index contributed by atoms with van der Waals surface area (Å²) in [5, 5.41) is 43.2. The van der Waals surface area contributed by atoms with Crippen molar-refractivity contribution in [1.82, 2.24) is 0 Å². The number of rotatable bonds is 4. The second-order valence-corrected chi connectivity index (χ2v) is 10.1. The summed E-state index contributed by atoms with van der Waals surface area (Å²) in [5.41, 5.74) is 3.35. The summed E-state index contributed by atoms with van der Waals surface area (Å²) >= 11 is 0. The predicted octanol–water partition coefficient (Wildman–Crippen LogP) is 1.03. The van der Waals surface area contributed by atoms with E-state index in [1.165, 1.54) is 32.2 Å². The third kappa shape index (κ3) is 3.81. The molecule has 6 atom stereocenters. The average Bonchev–Trinajstić information content (AvgIpc) is 2.85. The Hall–Kier alpha value is -3.35. The average molecular weight is 528 g/mol. The minimum Gasteiger partial charge on any atom is -0.507 e. The molecule has 202 valence electrons. The monoisotopic (exact) mass is 527 g/mol. The van der Waals surface area contributed by atoms with E-state index < -0.39 is 65.1 Å². The van der Waals surface area contributed by atoms with E-state index in [-0.39, 0.29) is 58.4 Å². The number of methoxy groups -OCH3 is 1. The molecule has 11 heteroatoms. The molecular formula is C27H29NO10. The normalized spacial score (nSPS) is 30.3. The molecule has 1 fully saturated rings. The molecule has 11 nitrogen and oxygen atoms in total. The Morgan fingerprint density at radius 1 is 1.16 bits per heavy atom. The highest BCUT2D eigenvalue weighted by molar-refractivity contribution is 6.31. The molecule has 0 radical (unpaired) electrons. The molecule has 2 aromatic carbocycles. The van der Waals surface area contributed by atoms with Gasteiger partial charge in [0.05, 0.1) is 42.1 Å². The minimum absolute atomic E-state index is 0.0208. The van der Waals surface area contributed by atoms with E-state index >= 15 is 0 Å². The summed E-state index contributed by atoms with van der Waals surface area (Å²) in [5.74, 6) is -3.10. The first-order chi connectivity index (χ1) is 17.9. The van der Waals surface area contributed by atoms with Gasteiger partial charge in [-0.15, -0.1) is 0 Å². The number of aliphatic hydroxyl groups excluding tert-OH is 1. The van der Waals surface area contributed by atoms with E-state index in [9.17, 15) is 34.8 Å². The van der Waals surface area contributed by atoms with Crippen molar-refractivity contribution >= 4 is 17.3 Å². The van der Waals surface area contributed by atoms with Crippen LogP contribution >= 0.6 is 0 Å². The number of aromatic hydroxyl groups is 2. The molecule has 2 aromatic rings. The van der Waals surface area contributed by atoms with Crippen LogP contribution in [0.4, 0.5) is 0 Å². The van der Waals surface area contributed by atoms with Crippen molar-refractivity contribution in [3.63, 3.8) is 0 Å². The van der Waals surface area contributed by atoms with Gasteiger partial charge >= 0.3 is 0 Å². The van der Waals surface area contributed by atoms with Crippen molar-refractivity contribution in [1.29, 1.82) is 0 Å². The zero-order chi connectivity index (χ0) is 27.7. The number of ketones is 3. The molecule has 6 N–H and O–H groups in total. The van der Waals surface area contributed by atoms with Gasteiger partial charge in [0.15, 0.2) is 17.9 Å². The molecule has 6 unspecified atom stereocenters. The van der Waals surface area contributed by atoms with Gasteiger partial charge < -0.3 is 40.4 Å². The smallest absolute Gasteiger partial charge is 0.202 e. The van der Waals surface area contributed by atoms with Crippen LogP contribution in [0.25, 0.3) is 0 Å². The van der Waals surface area contributed by atoms with E-state index in [1.807, 2.05) is 0 Å². The highest BCUT2D eigenvalue weighted by atomic mass is 16.7. The molecule has 0 amide bonds. The van der Waals surface area contributed by atoms with Gasteiger partial charge in [-0.05, 0) is 19.9 Å². The Bertz CT molecular complexity index is 1360. The standard InChI is InChI=1S/C27H29NO10/c1-10-22(31)14(28)7-17(37-10)38-16-9-27(35,11(2)29)8-13-19(16)26(36-3)21-20(24(13)33)23(32)12-5-4-6-15(30)18(12)25(21)34/h4-6,10,14,16-17,22,30-31,33,35H,7-9,28H2,1-3H3. The van der Waals surface area contributed by atoms with Crippen molar-refractivity contribution in [2.45, 2.75) is 69.4 Å². The molecule has 0 spiro atoms. The van der Waals surface area contributed by atoms with Crippen LogP contribution in [-0.4, -0.2) is 75.0 Å². The van der Waals surface area contributed by atoms with Crippen LogP contribution in [0.1, 0.15) is 75.8 Å². The SMILES string of the molecule is COc1c2c(c(O)c3c1C(OC1CC(N)C(O)C(C)O1)CC(O)(C(C)=O)C3)C(=O)c1cccc(O)c1C2=O. The molecule has 5 rings (SSSR count). The van der Waals surface area contributed by atoms with Crippen LogP contribution in [0.5, 0.6) is 17.2 Å². The molecule has 38 heavy (non-hydrogen) atoms. The first-order valence-corrected chi connectivity index (χ1v) is 12.2. The summed E-state index contributed by atoms with van der Waals surface area (Å²) in [6.07, 6.45) is -4.22. The van der Waals surface area contributed by atoms with E-state index in [0.717, 1.165) is 0 Å². The van der Waals surface area contributed by atoms with Gasteiger partial charge in [-0.2, -0.15) is 0 Å². The lowest BCUT2D eigenvalue weighted by molar-refractivity contribution is -0.247. The van der Waals surface area contributed by atoms with Crippen LogP contribution in [0.3, 0.4) is 0 Å². The summed E-state index contributed by atoms with van der Waals surface area (Å²) in [4.78, 5) is 39.6. The maximum absolute atomic E-state index is 13.6. The van der Waals surface area contributed by atoms with E-state index in [0.29, 0.717) is 0 Å². The number of fused-ring (bicyclic) bond motifs is 3. The second kappa shape index (κ2) is 9.14. The summed E-state index contributed by atoms with van der Waals surface area (Å²) < 4.78 is 17.6. The van der Waals surface area contributed by atoms with E-state index in [4.69, 9.17) is 19.9 Å². The number of Topliss-reactive ketones (excluding diaryl/α,β-unsaturated/α-hetero) is 1. The van der Waals surface area contributed by atoms with Crippen molar-refractivity contribution in [3.05, 3.63) is 51.6 Å². The molecule has 3 aliphatic rings. The number of nitrogens with two attached hydrogens (primary N) is 1. The van der Waals surface area contributed by atoms with Crippen molar-refractivity contribution in [2.75, 3.05) is 7.11 Å². The lowest BCUT2D eigenvalue weighted by Crippen LogP contribution is -2.52. The van der Waals surface area contributed by atoms with Gasteiger partial charge in [0.2, 0.25) is 5.78 Å². The van der Waals surface area contributed by atoms with Crippen molar-refractivity contribution < 1.29 is 49.0 Å². The quantitative estimate of drug-likeness (QED) is 0.326. The molecule has 0 aromatic heterocycles. The molecule has 1 saturated heterocycles. The van der Waals surface area contributed by atoms with Crippen LogP contribution in [-0.2, 0) is 20.7 Å². The second-order valence-electron chi connectivity index (χ2n) is 10.1. The van der Waals surface area contributed by atoms with Gasteiger partial charge in [-0.1, -0.05) is 12.1 Å². The maximum Gasteiger partial charge on any atom is 0.202 e. The largest absolute Gasteiger partial charge is 0.507 e. The van der Waals surface area contributed by atoms with Crippen LogP contribution in [0, 0.1) is 0 Å². The Morgan fingerprint density at radius 3 is 2.50 bits per heavy atom. The molecular weight excluding hydrogens is 498 g/mol. The van der Waals surface area contributed by atoms with E-state index in [1.54, 1.807) is 6.92 Å². The highest BCUT2D eigenvalue weighted by Gasteiger charge is 2.49. The van der Waals surface area contributed by atoms with Crippen molar-refractivity contribution in [3.8, 4) is 17.2 Å². The number of hydrogen-bond acceptors (Lipinski definition) is 11. The molecule has 0 saturated carbocycles. The van der Waals surface area contributed by atoms with Gasteiger partial charge in [0.25, 0.3) is 0 Å². The number of aliphatic hydroxyl groups is 2. The fourth-order valence-corrected chi connectivity index (χ4v) is 5.69. The number of benzene rings is 2. The zero-order valence-electron chi connectivity index (χ0n) is 21.1. The van der Waals surface area contributed by atoms with Crippen LogP contribution in [0.2, 0.25) is 0 Å². The lowest BCUT2D eigenvalue weighted by Gasteiger charge is -2.42. The number of phenols is 2. The molecule has 1 aliphatic heterocycles. The topological polar surface area (TPSA) is 186 Å². The van der Waals surface area contributed by atoms with Gasteiger partial charge in [-0.3, -0.25) is 14.4 Å². The number of carbonyl (C=O) groups excluding carboxylic acids is 3. The van der Waals surface area contributed by atoms with Gasteiger partial charge in [-0.25, -0.2) is 0 Å². The van der Waals surface area contributed by atoms with Gasteiger partial charge in [0.1, 0.15) is 22.8 Å². The van der Waals surface area contributed by atoms with Crippen LogP contribution < -0.4 is 10.5 Å². The molecule has 2 aliphatic carbocycles. The third-order valence-electron chi connectivity index (χ3n) is 7.78. The highest BCUT2D eigenvalue weighted by Crippen LogP contribution is 2.52. The first kappa shape index (κ1) is 26.3. The fourth-order valence-electron chi connectivity index (χ4n) is 5.69. The number of ether oxygens (including phenoxy) is 3. The summed E-state index contributed by atoms with van der Waals surface area (Å²) in [6, 6.07) is 3.37. The fraction of sp³-hybridized carbons (Fsp3) is 0.444. The first-order valence-electron chi connectivity index (χ1n) is 12.2. The Labute approximate surface area is 217 Å². The lowest BCUT2D eigenvalue weighted by atomic mass is 9.72. The zero-order valence-corrected chi connectivity index (χ0v) is 21.1. The minimum atomic E-state index is -1.96. The third-order valence-corrected chi connectivity index (χ3v) is 7.78. The van der Waals surface area contributed by atoms with Crippen LogP contribution in [0.15, 0.2) is 18.2 Å². The van der Waals surface area contributed by atoms with Gasteiger partial charge in [0, 0.05) is 42.0 Å². The number of phenolic OH excluding ortho intramolecular Hbond substituents is 2. The predicted molar refractivity (Wildman–Crippen MR) is 130 cm³/mol. The summed E-state index contributed by atoms with van der Waals surface area (Å²) in [7, 11) is 1.28. The number of carbonyl (C=O) groups is 3. The Kier molecular flexibility index (Phi) is 6.32. The molecule has 1 heterocycles. The van der Waals surface area contributed by atoms with Crippen molar-refractivity contribution in [2.24, 2.45) is 5.73 Å².